The Hall–Kier alpha value is -2.08. The summed E-state index contributed by atoms with van der Waals surface area (Å²) in [6, 6.07) is 7.26. The molecular weight excluding hydrogens is 324 g/mol. The van der Waals surface area contributed by atoms with Crippen LogP contribution in [0.1, 0.15) is 28.6 Å². The summed E-state index contributed by atoms with van der Waals surface area (Å²) >= 11 is 1.73. The van der Waals surface area contributed by atoms with Gasteiger partial charge in [-0.3, -0.25) is 4.79 Å². The predicted octanol–water partition coefficient (Wildman–Crippen LogP) is 3.25. The van der Waals surface area contributed by atoms with Gasteiger partial charge in [0.05, 0.1) is 12.1 Å². The van der Waals surface area contributed by atoms with Gasteiger partial charge in [0.25, 0.3) is 5.91 Å². The smallest absolute Gasteiger partial charge is 0.260 e. The lowest BCUT2D eigenvalue weighted by Gasteiger charge is -2.31. The van der Waals surface area contributed by atoms with Crippen LogP contribution in [0.5, 0.6) is 11.5 Å². The first kappa shape index (κ1) is 16.8. The molecule has 24 heavy (non-hydrogen) atoms. The number of ether oxygens (including phenoxy) is 2. The normalized spacial score (nSPS) is 17.6. The van der Waals surface area contributed by atoms with Crippen molar-refractivity contribution in [2.45, 2.75) is 25.7 Å². The van der Waals surface area contributed by atoms with E-state index in [4.69, 9.17) is 9.47 Å². The van der Waals surface area contributed by atoms with E-state index < -0.39 is 0 Å². The molecule has 0 bridgehead atoms. The standard InChI is InChI=1S/C18H22N2O3S/c1-13-10-19-18(24-13)14-4-3-9-20(11-14)17(21)12-23-16-7-5-15(22-2)6-8-16/h5-8,10,14H,3-4,9,11-12H2,1-2H3/t14-/m0/s1. The third-order valence-corrected chi connectivity index (χ3v) is 5.26. The van der Waals surface area contributed by atoms with Gasteiger partial charge in [0.2, 0.25) is 0 Å². The molecule has 2 aromatic rings. The number of likely N-dealkylation sites (tertiary alicyclic amines) is 1. The lowest BCUT2D eigenvalue weighted by Crippen LogP contribution is -2.41. The maximum atomic E-state index is 12.4. The molecular formula is C18H22N2O3S. The van der Waals surface area contributed by atoms with Gasteiger partial charge in [-0.15, -0.1) is 11.3 Å². The number of hydrogen-bond acceptors (Lipinski definition) is 5. The fraction of sp³-hybridized carbons (Fsp3) is 0.444. The van der Waals surface area contributed by atoms with Crippen molar-refractivity contribution in [1.29, 1.82) is 0 Å². The number of methoxy groups -OCH3 is 1. The van der Waals surface area contributed by atoms with Crippen molar-refractivity contribution in [2.75, 3.05) is 26.8 Å². The van der Waals surface area contributed by atoms with Crippen molar-refractivity contribution < 1.29 is 14.3 Å². The zero-order valence-corrected chi connectivity index (χ0v) is 14.8. The third-order valence-electron chi connectivity index (χ3n) is 4.18. The molecule has 1 amide bonds. The first-order valence-electron chi connectivity index (χ1n) is 8.12. The third kappa shape index (κ3) is 4.06. The van der Waals surface area contributed by atoms with Crippen LogP contribution in [0.4, 0.5) is 0 Å². The van der Waals surface area contributed by atoms with E-state index in [2.05, 4.69) is 11.9 Å². The first-order chi connectivity index (χ1) is 11.7. The molecule has 0 unspecified atom stereocenters. The van der Waals surface area contributed by atoms with Gasteiger partial charge in [0.1, 0.15) is 11.5 Å². The monoisotopic (exact) mass is 346 g/mol. The van der Waals surface area contributed by atoms with Crippen LogP contribution >= 0.6 is 11.3 Å². The molecule has 0 aliphatic carbocycles. The fourth-order valence-corrected chi connectivity index (χ4v) is 3.77. The molecule has 0 radical (unpaired) electrons. The van der Waals surface area contributed by atoms with Crippen molar-refractivity contribution in [3.63, 3.8) is 0 Å². The number of aryl methyl sites for hydroxylation is 1. The molecule has 5 nitrogen and oxygen atoms in total. The Morgan fingerprint density at radius 2 is 2.08 bits per heavy atom. The molecule has 0 N–H and O–H groups in total. The lowest BCUT2D eigenvalue weighted by atomic mass is 9.99. The summed E-state index contributed by atoms with van der Waals surface area (Å²) in [7, 11) is 1.62. The number of amides is 1. The highest BCUT2D eigenvalue weighted by Gasteiger charge is 2.26. The van der Waals surface area contributed by atoms with E-state index in [0.29, 0.717) is 11.7 Å². The summed E-state index contributed by atoms with van der Waals surface area (Å²) in [5.41, 5.74) is 0. The Balaban J connectivity index is 1.54. The van der Waals surface area contributed by atoms with Gasteiger partial charge in [-0.2, -0.15) is 0 Å². The summed E-state index contributed by atoms with van der Waals surface area (Å²) in [5.74, 6) is 1.82. The van der Waals surface area contributed by atoms with Gasteiger partial charge in [0.15, 0.2) is 6.61 Å². The Morgan fingerprint density at radius 1 is 1.33 bits per heavy atom. The number of carbonyl (C=O) groups is 1. The average Bonchev–Trinajstić information content (AvgIpc) is 3.06. The molecule has 2 heterocycles. The van der Waals surface area contributed by atoms with Crippen molar-refractivity contribution in [3.05, 3.63) is 40.3 Å². The van der Waals surface area contributed by atoms with Crippen molar-refractivity contribution in [3.8, 4) is 11.5 Å². The maximum absolute atomic E-state index is 12.4. The first-order valence-corrected chi connectivity index (χ1v) is 8.94. The minimum atomic E-state index is 0.0313. The van der Waals surface area contributed by atoms with Crippen LogP contribution in [-0.4, -0.2) is 42.6 Å². The molecule has 3 rings (SSSR count). The number of rotatable bonds is 5. The van der Waals surface area contributed by atoms with Crippen LogP contribution in [0.2, 0.25) is 0 Å². The number of nitrogens with zero attached hydrogens (tertiary/aromatic N) is 2. The molecule has 1 aromatic heterocycles. The van der Waals surface area contributed by atoms with Crippen LogP contribution in [0, 0.1) is 6.92 Å². The number of piperidine rings is 1. The molecule has 0 spiro atoms. The van der Waals surface area contributed by atoms with Crippen LogP contribution in [-0.2, 0) is 4.79 Å². The number of carbonyl (C=O) groups excluding carboxylic acids is 1. The van der Waals surface area contributed by atoms with E-state index in [0.717, 1.165) is 36.7 Å². The van der Waals surface area contributed by atoms with Crippen molar-refractivity contribution in [2.24, 2.45) is 0 Å². The Labute approximate surface area is 146 Å². The number of hydrogen-bond donors (Lipinski definition) is 0. The van der Waals surface area contributed by atoms with Gasteiger partial charge >= 0.3 is 0 Å². The van der Waals surface area contributed by atoms with E-state index in [1.807, 2.05) is 35.4 Å². The number of thiazole rings is 1. The summed E-state index contributed by atoms with van der Waals surface area (Å²) in [4.78, 5) is 20.0. The van der Waals surface area contributed by atoms with Gasteiger partial charge in [-0.25, -0.2) is 4.98 Å². The topological polar surface area (TPSA) is 51.7 Å². The van der Waals surface area contributed by atoms with E-state index in [9.17, 15) is 4.79 Å². The summed E-state index contributed by atoms with van der Waals surface area (Å²) < 4.78 is 10.7. The Kier molecular flexibility index (Phi) is 5.35. The Bertz CT molecular complexity index is 684. The van der Waals surface area contributed by atoms with Gasteiger partial charge in [0, 0.05) is 30.1 Å². The zero-order chi connectivity index (χ0) is 16.9. The van der Waals surface area contributed by atoms with Crippen LogP contribution in [0.25, 0.3) is 0 Å². The Morgan fingerprint density at radius 3 is 2.75 bits per heavy atom. The van der Waals surface area contributed by atoms with E-state index >= 15 is 0 Å². The second-order valence-corrected chi connectivity index (χ2v) is 7.22. The summed E-state index contributed by atoms with van der Waals surface area (Å²) in [5, 5.41) is 1.14. The maximum Gasteiger partial charge on any atom is 0.260 e. The van der Waals surface area contributed by atoms with Crippen molar-refractivity contribution in [1.82, 2.24) is 9.88 Å². The lowest BCUT2D eigenvalue weighted by molar-refractivity contribution is -0.134. The van der Waals surface area contributed by atoms with Crippen LogP contribution in [0.3, 0.4) is 0 Å². The molecule has 1 aliphatic heterocycles. The van der Waals surface area contributed by atoms with E-state index in [1.165, 1.54) is 4.88 Å². The molecule has 0 saturated carbocycles. The van der Waals surface area contributed by atoms with Gasteiger partial charge in [-0.05, 0) is 44.0 Å². The minimum Gasteiger partial charge on any atom is -0.497 e. The second-order valence-electron chi connectivity index (χ2n) is 5.95. The highest BCUT2D eigenvalue weighted by atomic mass is 32.1. The van der Waals surface area contributed by atoms with Crippen LogP contribution in [0.15, 0.2) is 30.5 Å². The quantitative estimate of drug-likeness (QED) is 0.834. The molecule has 1 aromatic carbocycles. The van der Waals surface area contributed by atoms with Gasteiger partial charge < -0.3 is 14.4 Å². The molecule has 6 heteroatoms. The number of benzene rings is 1. The molecule has 1 fully saturated rings. The zero-order valence-electron chi connectivity index (χ0n) is 14.0. The fourth-order valence-electron chi connectivity index (χ4n) is 2.87. The SMILES string of the molecule is COc1ccc(OCC(=O)N2CCC[C@H](c3ncc(C)s3)C2)cc1. The molecule has 1 saturated heterocycles. The minimum absolute atomic E-state index is 0.0313. The van der Waals surface area contributed by atoms with Gasteiger partial charge in [-0.1, -0.05) is 0 Å². The largest absolute Gasteiger partial charge is 0.497 e. The van der Waals surface area contributed by atoms with Crippen LogP contribution < -0.4 is 9.47 Å². The molecule has 1 aliphatic rings. The highest BCUT2D eigenvalue weighted by Crippen LogP contribution is 2.29. The molecule has 1 atom stereocenters. The molecule has 128 valence electrons. The second kappa shape index (κ2) is 7.66. The van der Waals surface area contributed by atoms with E-state index in [1.54, 1.807) is 18.4 Å². The predicted molar refractivity (Wildman–Crippen MR) is 93.9 cm³/mol. The number of aromatic nitrogens is 1. The summed E-state index contributed by atoms with van der Waals surface area (Å²) in [6.45, 7) is 3.66. The highest BCUT2D eigenvalue weighted by molar-refractivity contribution is 7.11. The average molecular weight is 346 g/mol. The van der Waals surface area contributed by atoms with E-state index in [-0.39, 0.29) is 12.5 Å². The summed E-state index contributed by atoms with van der Waals surface area (Å²) in [6.07, 6.45) is 4.02. The van der Waals surface area contributed by atoms with Crippen molar-refractivity contribution >= 4 is 17.2 Å².